The fourth-order valence-electron chi connectivity index (χ4n) is 4.98. The lowest BCUT2D eigenvalue weighted by Crippen LogP contribution is -2.18. The summed E-state index contributed by atoms with van der Waals surface area (Å²) in [5.41, 5.74) is 8.59. The Hall–Kier alpha value is -3.88. The van der Waals surface area contributed by atoms with Gasteiger partial charge in [-0.3, -0.25) is 0 Å². The Balaban J connectivity index is 1.58. The molecule has 2 nitrogen and oxygen atoms in total. The highest BCUT2D eigenvalue weighted by Crippen LogP contribution is 2.41. The Morgan fingerprint density at radius 2 is 1.42 bits per heavy atom. The first-order valence-corrected chi connectivity index (χ1v) is 12.7. The van der Waals surface area contributed by atoms with E-state index >= 15 is 0 Å². The van der Waals surface area contributed by atoms with Crippen molar-refractivity contribution >= 4 is 10.8 Å². The molecule has 1 N–H and O–H groups in total. The van der Waals surface area contributed by atoms with Crippen molar-refractivity contribution in [1.82, 2.24) is 5.32 Å². The van der Waals surface area contributed by atoms with Crippen LogP contribution in [0.3, 0.4) is 0 Å². The van der Waals surface area contributed by atoms with Crippen LogP contribution in [0.25, 0.3) is 21.9 Å². The van der Waals surface area contributed by atoms with E-state index in [1.54, 1.807) is 0 Å². The maximum absolute atomic E-state index is 6.52. The first-order chi connectivity index (χ1) is 17.6. The molecule has 5 aromatic carbocycles. The average Bonchev–Trinajstić information content (AvgIpc) is 2.91. The molecular weight excluding hydrogens is 438 g/mol. The molecule has 1 atom stereocenters. The van der Waals surface area contributed by atoms with E-state index in [2.05, 4.69) is 129 Å². The van der Waals surface area contributed by atoms with Gasteiger partial charge in [0.15, 0.2) is 0 Å². The third-order valence-electron chi connectivity index (χ3n) is 6.84. The Morgan fingerprint density at radius 3 is 2.19 bits per heavy atom. The second kappa shape index (κ2) is 10.8. The molecule has 0 heterocycles. The molecule has 0 bridgehead atoms. The normalized spacial score (nSPS) is 12.0. The van der Waals surface area contributed by atoms with E-state index in [0.29, 0.717) is 6.61 Å². The van der Waals surface area contributed by atoms with Crippen LogP contribution >= 0.6 is 0 Å². The maximum Gasteiger partial charge on any atom is 0.128 e. The zero-order chi connectivity index (χ0) is 24.9. The van der Waals surface area contributed by atoms with E-state index < -0.39 is 0 Å². The lowest BCUT2D eigenvalue weighted by atomic mass is 9.89. The summed E-state index contributed by atoms with van der Waals surface area (Å²) in [6, 6.07) is 38.8. The van der Waals surface area contributed by atoms with E-state index in [4.69, 9.17) is 4.74 Å². The van der Waals surface area contributed by atoms with Gasteiger partial charge in [-0.1, -0.05) is 103 Å². The van der Waals surface area contributed by atoms with Crippen LogP contribution in [0, 0.1) is 13.8 Å². The summed E-state index contributed by atoms with van der Waals surface area (Å²) in [5.74, 6) is 0.935. The predicted octanol–water partition coefficient (Wildman–Crippen LogP) is 8.55. The number of ether oxygens (including phenoxy) is 1. The molecule has 5 rings (SSSR count). The molecule has 0 aliphatic rings. The molecular formula is C34H33NO. The van der Waals surface area contributed by atoms with Crippen molar-refractivity contribution in [2.75, 3.05) is 0 Å². The van der Waals surface area contributed by atoms with E-state index in [0.717, 1.165) is 12.3 Å². The fraction of sp³-hybridized carbons (Fsp3) is 0.176. The summed E-state index contributed by atoms with van der Waals surface area (Å²) in [6.07, 6.45) is 0. The summed E-state index contributed by atoms with van der Waals surface area (Å²) in [5, 5.41) is 6.25. The van der Waals surface area contributed by atoms with Gasteiger partial charge in [0, 0.05) is 18.2 Å². The highest BCUT2D eigenvalue weighted by atomic mass is 16.5. The third kappa shape index (κ3) is 5.19. The van der Waals surface area contributed by atoms with Gasteiger partial charge in [-0.15, -0.1) is 0 Å². The van der Waals surface area contributed by atoms with Gasteiger partial charge < -0.3 is 10.1 Å². The van der Waals surface area contributed by atoms with Crippen LogP contribution in [0.1, 0.15) is 40.8 Å². The number of benzene rings is 5. The molecule has 0 unspecified atom stereocenters. The Labute approximate surface area is 214 Å². The lowest BCUT2D eigenvalue weighted by molar-refractivity contribution is 0.307. The van der Waals surface area contributed by atoms with Crippen molar-refractivity contribution in [2.24, 2.45) is 0 Å². The molecule has 0 radical (unpaired) electrons. The molecule has 0 fully saturated rings. The Bertz CT molecular complexity index is 1460. The topological polar surface area (TPSA) is 21.3 Å². The van der Waals surface area contributed by atoms with Gasteiger partial charge in [0.2, 0.25) is 0 Å². The molecule has 0 spiro atoms. The summed E-state index contributed by atoms with van der Waals surface area (Å²) >= 11 is 0. The van der Waals surface area contributed by atoms with E-state index in [-0.39, 0.29) is 6.04 Å². The zero-order valence-corrected chi connectivity index (χ0v) is 21.3. The van der Waals surface area contributed by atoms with Crippen LogP contribution in [-0.4, -0.2) is 0 Å². The number of aryl methyl sites for hydroxylation is 2. The summed E-state index contributed by atoms with van der Waals surface area (Å²) < 4.78 is 6.52. The second-order valence-electron chi connectivity index (χ2n) is 9.56. The van der Waals surface area contributed by atoms with Crippen LogP contribution in [-0.2, 0) is 13.2 Å². The van der Waals surface area contributed by atoms with Gasteiger partial charge in [-0.25, -0.2) is 0 Å². The molecule has 0 saturated heterocycles. The van der Waals surface area contributed by atoms with E-state index in [1.165, 1.54) is 49.7 Å². The van der Waals surface area contributed by atoms with Crippen molar-refractivity contribution in [3.8, 4) is 16.9 Å². The fourth-order valence-corrected chi connectivity index (χ4v) is 4.98. The largest absolute Gasteiger partial charge is 0.488 e. The van der Waals surface area contributed by atoms with E-state index in [1.807, 2.05) is 6.07 Å². The standard InChI is InChI=1S/C34H33NO/c1-24-20-25(2)33(32(21-24)36-23-27-12-6-4-7-13-27)34-30(19-18-29-16-10-11-17-31(29)34)22-35-26(3)28-14-8-5-9-15-28/h4-21,26,35H,22-23H2,1-3H3/t26-/m0/s1. The molecule has 180 valence electrons. The zero-order valence-electron chi connectivity index (χ0n) is 21.3. The minimum atomic E-state index is 0.249. The summed E-state index contributed by atoms with van der Waals surface area (Å²) in [6.45, 7) is 7.87. The van der Waals surface area contributed by atoms with Crippen molar-refractivity contribution < 1.29 is 4.74 Å². The number of hydrogen-bond acceptors (Lipinski definition) is 2. The highest BCUT2D eigenvalue weighted by molar-refractivity contribution is 6.00. The molecule has 0 aliphatic carbocycles. The molecule has 5 aromatic rings. The summed E-state index contributed by atoms with van der Waals surface area (Å²) in [4.78, 5) is 0. The van der Waals surface area contributed by atoms with Crippen LogP contribution < -0.4 is 10.1 Å². The number of hydrogen-bond donors (Lipinski definition) is 1. The Morgan fingerprint density at radius 1 is 0.722 bits per heavy atom. The van der Waals surface area contributed by atoms with Gasteiger partial charge in [-0.2, -0.15) is 0 Å². The minimum absolute atomic E-state index is 0.249. The molecule has 2 heteroatoms. The van der Waals surface area contributed by atoms with Gasteiger partial charge in [-0.05, 0) is 71.0 Å². The minimum Gasteiger partial charge on any atom is -0.488 e. The van der Waals surface area contributed by atoms with Crippen molar-refractivity contribution in [3.05, 3.63) is 137 Å². The van der Waals surface area contributed by atoms with Gasteiger partial charge >= 0.3 is 0 Å². The number of nitrogens with one attached hydrogen (secondary N) is 1. The quantitative estimate of drug-likeness (QED) is 0.245. The molecule has 0 amide bonds. The first-order valence-electron chi connectivity index (χ1n) is 12.7. The smallest absolute Gasteiger partial charge is 0.128 e. The molecule has 36 heavy (non-hydrogen) atoms. The maximum atomic E-state index is 6.52. The summed E-state index contributed by atoms with van der Waals surface area (Å²) in [7, 11) is 0. The van der Waals surface area contributed by atoms with Crippen LogP contribution in [0.5, 0.6) is 5.75 Å². The molecule has 0 aromatic heterocycles. The second-order valence-corrected chi connectivity index (χ2v) is 9.56. The van der Waals surface area contributed by atoms with Crippen molar-refractivity contribution in [1.29, 1.82) is 0 Å². The van der Waals surface area contributed by atoms with Crippen molar-refractivity contribution in [2.45, 2.75) is 40.0 Å². The third-order valence-corrected chi connectivity index (χ3v) is 6.84. The number of rotatable bonds is 8. The van der Waals surface area contributed by atoms with Crippen molar-refractivity contribution in [3.63, 3.8) is 0 Å². The van der Waals surface area contributed by atoms with Gasteiger partial charge in [0.1, 0.15) is 12.4 Å². The van der Waals surface area contributed by atoms with E-state index in [9.17, 15) is 0 Å². The number of fused-ring (bicyclic) bond motifs is 1. The van der Waals surface area contributed by atoms with Crippen LogP contribution in [0.2, 0.25) is 0 Å². The monoisotopic (exact) mass is 471 g/mol. The van der Waals surface area contributed by atoms with Crippen LogP contribution in [0.15, 0.2) is 109 Å². The predicted molar refractivity (Wildman–Crippen MR) is 151 cm³/mol. The molecule has 0 saturated carbocycles. The SMILES string of the molecule is Cc1cc(C)c(-c2c(CN[C@@H](C)c3ccccc3)ccc3ccccc23)c(OCc2ccccc2)c1. The first kappa shape index (κ1) is 23.8. The average molecular weight is 472 g/mol. The van der Waals surface area contributed by atoms with Crippen LogP contribution in [0.4, 0.5) is 0 Å². The molecule has 0 aliphatic heterocycles. The highest BCUT2D eigenvalue weighted by Gasteiger charge is 2.18. The van der Waals surface area contributed by atoms with Gasteiger partial charge in [0.05, 0.1) is 0 Å². The Kier molecular flexibility index (Phi) is 7.16. The van der Waals surface area contributed by atoms with Gasteiger partial charge in [0.25, 0.3) is 0 Å². The lowest BCUT2D eigenvalue weighted by Gasteiger charge is -2.22.